The molecule has 0 unspecified atom stereocenters. The lowest BCUT2D eigenvalue weighted by Gasteiger charge is -2.40. The van der Waals surface area contributed by atoms with E-state index in [1.165, 1.54) is 32.1 Å². The Morgan fingerprint density at radius 3 is 2.50 bits per heavy atom. The molecule has 0 aromatic heterocycles. The first-order valence-corrected chi connectivity index (χ1v) is 5.09. The molecule has 12 heavy (non-hydrogen) atoms. The zero-order valence-electron chi connectivity index (χ0n) is 8.36. The van der Waals surface area contributed by atoms with Gasteiger partial charge in [-0.15, -0.1) is 0 Å². The van der Waals surface area contributed by atoms with Gasteiger partial charge in [0.25, 0.3) is 0 Å². The number of hydrogen-bond donors (Lipinski definition) is 1. The zero-order valence-corrected chi connectivity index (χ0v) is 8.36. The predicted octanol–water partition coefficient (Wildman–Crippen LogP) is 1.95. The van der Waals surface area contributed by atoms with Crippen LogP contribution in [0.4, 0.5) is 0 Å². The van der Waals surface area contributed by atoms with Crippen LogP contribution >= 0.6 is 0 Å². The lowest BCUT2D eigenvalue weighted by Crippen LogP contribution is -2.41. The van der Waals surface area contributed by atoms with Crippen LogP contribution in [0.3, 0.4) is 0 Å². The van der Waals surface area contributed by atoms with Crippen molar-refractivity contribution in [1.82, 2.24) is 5.32 Å². The fourth-order valence-corrected chi connectivity index (χ4v) is 1.75. The van der Waals surface area contributed by atoms with Gasteiger partial charge < -0.3 is 10.1 Å². The summed E-state index contributed by atoms with van der Waals surface area (Å²) in [7, 11) is 1.85. The summed E-state index contributed by atoms with van der Waals surface area (Å²) in [5, 5.41) is 3.41. The predicted molar refractivity (Wildman–Crippen MR) is 51.4 cm³/mol. The maximum absolute atomic E-state index is 5.51. The van der Waals surface area contributed by atoms with Gasteiger partial charge in [-0.1, -0.05) is 6.92 Å². The van der Waals surface area contributed by atoms with E-state index in [9.17, 15) is 0 Å². The minimum atomic E-state index is 0.251. The van der Waals surface area contributed by atoms with Gasteiger partial charge in [0.1, 0.15) is 0 Å². The molecular formula is C10H21NO. The van der Waals surface area contributed by atoms with E-state index in [-0.39, 0.29) is 5.60 Å². The van der Waals surface area contributed by atoms with Crippen molar-refractivity contribution in [3.05, 3.63) is 0 Å². The van der Waals surface area contributed by atoms with Crippen molar-refractivity contribution < 1.29 is 4.74 Å². The van der Waals surface area contributed by atoms with Gasteiger partial charge in [0.15, 0.2) is 0 Å². The first kappa shape index (κ1) is 10.0. The molecule has 0 aliphatic heterocycles. The van der Waals surface area contributed by atoms with E-state index in [1.807, 2.05) is 7.11 Å². The Balaban J connectivity index is 2.04. The van der Waals surface area contributed by atoms with Gasteiger partial charge in [-0.25, -0.2) is 0 Å². The van der Waals surface area contributed by atoms with E-state index in [4.69, 9.17) is 4.74 Å². The topological polar surface area (TPSA) is 21.3 Å². The lowest BCUT2D eigenvalue weighted by molar-refractivity contribution is -0.0767. The molecule has 0 saturated heterocycles. The minimum Gasteiger partial charge on any atom is -0.378 e. The maximum Gasteiger partial charge on any atom is 0.0690 e. The fourth-order valence-electron chi connectivity index (χ4n) is 1.75. The van der Waals surface area contributed by atoms with Crippen LogP contribution in [0, 0.1) is 0 Å². The van der Waals surface area contributed by atoms with Gasteiger partial charge in [-0.3, -0.25) is 0 Å². The van der Waals surface area contributed by atoms with Crippen LogP contribution in [0.5, 0.6) is 0 Å². The number of ether oxygens (including phenoxy) is 1. The van der Waals surface area contributed by atoms with Crippen LogP contribution in [-0.4, -0.2) is 25.8 Å². The summed E-state index contributed by atoms with van der Waals surface area (Å²) in [6, 6.07) is 0. The molecular weight excluding hydrogens is 150 g/mol. The molecule has 2 nitrogen and oxygen atoms in total. The molecule has 72 valence electrons. The molecule has 0 heterocycles. The molecule has 1 saturated carbocycles. The number of rotatable bonds is 6. The van der Waals surface area contributed by atoms with E-state index in [0.717, 1.165) is 13.1 Å². The molecule has 0 radical (unpaired) electrons. The van der Waals surface area contributed by atoms with Gasteiger partial charge in [0.05, 0.1) is 5.60 Å². The molecule has 0 bridgehead atoms. The first-order chi connectivity index (χ1) is 5.83. The second-order valence-electron chi connectivity index (χ2n) is 3.74. The Kier molecular flexibility index (Phi) is 4.02. The Hall–Kier alpha value is -0.0800. The molecule has 1 fully saturated rings. The highest BCUT2D eigenvalue weighted by Gasteiger charge is 2.35. The second kappa shape index (κ2) is 4.83. The average Bonchev–Trinajstić information content (AvgIpc) is 2.02. The summed E-state index contributed by atoms with van der Waals surface area (Å²) in [4.78, 5) is 0. The monoisotopic (exact) mass is 171 g/mol. The number of methoxy groups -OCH3 is 1. The molecule has 0 atom stereocenters. The van der Waals surface area contributed by atoms with E-state index < -0.39 is 0 Å². The molecule has 1 aliphatic carbocycles. The summed E-state index contributed by atoms with van der Waals surface area (Å²) in [6.45, 7) is 4.45. The third kappa shape index (κ3) is 2.46. The smallest absolute Gasteiger partial charge is 0.0690 e. The van der Waals surface area contributed by atoms with Crippen LogP contribution in [0.25, 0.3) is 0 Å². The van der Waals surface area contributed by atoms with Crippen LogP contribution in [0.2, 0.25) is 0 Å². The Labute approximate surface area is 75.7 Å². The minimum absolute atomic E-state index is 0.251. The van der Waals surface area contributed by atoms with E-state index in [0.29, 0.717) is 0 Å². The largest absolute Gasteiger partial charge is 0.378 e. The van der Waals surface area contributed by atoms with Crippen molar-refractivity contribution in [3.63, 3.8) is 0 Å². The van der Waals surface area contributed by atoms with E-state index >= 15 is 0 Å². The van der Waals surface area contributed by atoms with Crippen molar-refractivity contribution in [2.75, 3.05) is 20.2 Å². The number of hydrogen-bond acceptors (Lipinski definition) is 2. The molecule has 0 spiro atoms. The van der Waals surface area contributed by atoms with Crippen molar-refractivity contribution >= 4 is 0 Å². The molecule has 0 aromatic carbocycles. The molecule has 0 amide bonds. The summed E-state index contributed by atoms with van der Waals surface area (Å²) in [5.41, 5.74) is 0.251. The van der Waals surface area contributed by atoms with Crippen molar-refractivity contribution in [2.45, 2.75) is 44.6 Å². The summed E-state index contributed by atoms with van der Waals surface area (Å²) in [5.74, 6) is 0. The highest BCUT2D eigenvalue weighted by molar-refractivity contribution is 4.89. The third-order valence-electron chi connectivity index (χ3n) is 2.88. The van der Waals surface area contributed by atoms with Crippen molar-refractivity contribution in [3.8, 4) is 0 Å². The highest BCUT2D eigenvalue weighted by atomic mass is 16.5. The van der Waals surface area contributed by atoms with Crippen molar-refractivity contribution in [2.24, 2.45) is 0 Å². The Bertz CT molecular complexity index is 115. The van der Waals surface area contributed by atoms with Crippen LogP contribution < -0.4 is 5.32 Å². The fraction of sp³-hybridized carbons (Fsp3) is 1.00. The summed E-state index contributed by atoms with van der Waals surface area (Å²) in [6.07, 6.45) is 6.28. The van der Waals surface area contributed by atoms with Crippen LogP contribution in [0.1, 0.15) is 39.0 Å². The van der Waals surface area contributed by atoms with Gasteiger partial charge in [-0.05, 0) is 45.2 Å². The van der Waals surface area contributed by atoms with Crippen LogP contribution in [0.15, 0.2) is 0 Å². The van der Waals surface area contributed by atoms with Gasteiger partial charge in [0, 0.05) is 7.11 Å². The van der Waals surface area contributed by atoms with Gasteiger partial charge >= 0.3 is 0 Å². The Morgan fingerprint density at radius 2 is 2.08 bits per heavy atom. The molecule has 1 N–H and O–H groups in total. The third-order valence-corrected chi connectivity index (χ3v) is 2.88. The Morgan fingerprint density at radius 1 is 1.33 bits per heavy atom. The summed E-state index contributed by atoms with van der Waals surface area (Å²) < 4.78 is 5.51. The zero-order chi connectivity index (χ0) is 8.86. The summed E-state index contributed by atoms with van der Waals surface area (Å²) >= 11 is 0. The lowest BCUT2D eigenvalue weighted by atomic mass is 9.77. The molecule has 1 aliphatic rings. The van der Waals surface area contributed by atoms with Crippen LogP contribution in [-0.2, 0) is 4.74 Å². The van der Waals surface area contributed by atoms with E-state index in [1.54, 1.807) is 0 Å². The number of nitrogens with one attached hydrogen (secondary N) is 1. The van der Waals surface area contributed by atoms with E-state index in [2.05, 4.69) is 12.2 Å². The first-order valence-electron chi connectivity index (χ1n) is 5.09. The quantitative estimate of drug-likeness (QED) is 0.617. The molecule has 0 aromatic rings. The van der Waals surface area contributed by atoms with Gasteiger partial charge in [-0.2, -0.15) is 0 Å². The molecule has 2 heteroatoms. The highest BCUT2D eigenvalue weighted by Crippen LogP contribution is 2.37. The average molecular weight is 171 g/mol. The van der Waals surface area contributed by atoms with Crippen molar-refractivity contribution in [1.29, 1.82) is 0 Å². The maximum atomic E-state index is 5.51. The second-order valence-corrected chi connectivity index (χ2v) is 3.74. The van der Waals surface area contributed by atoms with Gasteiger partial charge in [0.2, 0.25) is 0 Å². The molecule has 1 rings (SSSR count). The standard InChI is InChI=1S/C10H21NO/c1-3-8-11-9-7-10(12-2)5-4-6-10/h11H,3-9H2,1-2H3. The SMILES string of the molecule is CCCNCCC1(OC)CCC1. The normalized spacial score (nSPS) is 20.5.